The van der Waals surface area contributed by atoms with E-state index in [1.54, 1.807) is 0 Å². The van der Waals surface area contributed by atoms with Crippen molar-refractivity contribution in [3.63, 3.8) is 0 Å². The summed E-state index contributed by atoms with van der Waals surface area (Å²) in [6.45, 7) is 2.11. The van der Waals surface area contributed by atoms with Crippen LogP contribution in [0.4, 0.5) is 0 Å². The summed E-state index contributed by atoms with van der Waals surface area (Å²) < 4.78 is 0. The van der Waals surface area contributed by atoms with E-state index < -0.39 is 0 Å². The van der Waals surface area contributed by atoms with Crippen molar-refractivity contribution >= 4 is 16.6 Å². The molecule has 0 N–H and O–H groups in total. The van der Waals surface area contributed by atoms with Crippen LogP contribution in [0.15, 0.2) is 66.7 Å². The zero-order valence-electron chi connectivity index (χ0n) is 11.5. The van der Waals surface area contributed by atoms with Crippen molar-refractivity contribution in [2.45, 2.75) is 13.3 Å². The maximum absolute atomic E-state index is 12.7. The molecule has 1 nitrogen and oxygen atoms in total. The normalized spacial score (nSPS) is 10.7. The van der Waals surface area contributed by atoms with Crippen LogP contribution in [-0.2, 0) is 6.42 Å². The van der Waals surface area contributed by atoms with Gasteiger partial charge in [0.05, 0.1) is 0 Å². The first kappa shape index (κ1) is 12.6. The summed E-state index contributed by atoms with van der Waals surface area (Å²) in [6, 6.07) is 21.8. The van der Waals surface area contributed by atoms with E-state index in [2.05, 4.69) is 6.92 Å². The van der Waals surface area contributed by atoms with E-state index in [9.17, 15) is 4.79 Å². The molecule has 3 aromatic carbocycles. The highest BCUT2D eigenvalue weighted by Gasteiger charge is 2.11. The average Bonchev–Trinajstić information content (AvgIpc) is 2.54. The Kier molecular flexibility index (Phi) is 3.34. The number of hydrogen-bond acceptors (Lipinski definition) is 1. The van der Waals surface area contributed by atoms with Crippen molar-refractivity contribution < 1.29 is 4.79 Å². The van der Waals surface area contributed by atoms with Crippen LogP contribution in [0.5, 0.6) is 0 Å². The Labute approximate surface area is 118 Å². The number of carbonyl (C=O) groups excluding carboxylic acids is 1. The number of benzene rings is 3. The molecule has 0 saturated carbocycles. The van der Waals surface area contributed by atoms with Gasteiger partial charge in [-0.05, 0) is 22.8 Å². The van der Waals surface area contributed by atoms with Gasteiger partial charge in [0.1, 0.15) is 0 Å². The van der Waals surface area contributed by atoms with E-state index >= 15 is 0 Å². The summed E-state index contributed by atoms with van der Waals surface area (Å²) in [7, 11) is 0. The highest BCUT2D eigenvalue weighted by atomic mass is 16.1. The molecule has 0 atom stereocenters. The van der Waals surface area contributed by atoms with Gasteiger partial charge in [-0.1, -0.05) is 73.7 Å². The van der Waals surface area contributed by atoms with Gasteiger partial charge in [-0.2, -0.15) is 0 Å². The van der Waals surface area contributed by atoms with Gasteiger partial charge < -0.3 is 0 Å². The molecule has 3 aromatic rings. The average molecular weight is 260 g/mol. The first-order valence-corrected chi connectivity index (χ1v) is 6.91. The highest BCUT2D eigenvalue weighted by molar-refractivity contribution is 6.16. The van der Waals surface area contributed by atoms with Crippen molar-refractivity contribution in [1.29, 1.82) is 0 Å². The zero-order valence-corrected chi connectivity index (χ0v) is 11.5. The second kappa shape index (κ2) is 5.30. The maximum Gasteiger partial charge on any atom is 0.193 e. The molecule has 98 valence electrons. The predicted molar refractivity (Wildman–Crippen MR) is 83.2 cm³/mol. The molecule has 0 unspecified atom stereocenters. The minimum atomic E-state index is 0.0875. The maximum atomic E-state index is 12.7. The summed E-state index contributed by atoms with van der Waals surface area (Å²) >= 11 is 0. The molecular weight excluding hydrogens is 244 g/mol. The van der Waals surface area contributed by atoms with E-state index in [0.29, 0.717) is 0 Å². The molecule has 0 amide bonds. The van der Waals surface area contributed by atoms with E-state index in [1.165, 1.54) is 5.56 Å². The minimum absolute atomic E-state index is 0.0875. The van der Waals surface area contributed by atoms with Crippen LogP contribution in [-0.4, -0.2) is 5.78 Å². The molecule has 0 saturated heterocycles. The van der Waals surface area contributed by atoms with Crippen LogP contribution in [0.2, 0.25) is 0 Å². The number of fused-ring (bicyclic) bond motifs is 1. The second-order valence-corrected chi connectivity index (χ2v) is 4.91. The summed E-state index contributed by atoms with van der Waals surface area (Å²) in [5, 5.41) is 2.11. The molecule has 20 heavy (non-hydrogen) atoms. The summed E-state index contributed by atoms with van der Waals surface area (Å²) in [5.74, 6) is 0.0875. The molecule has 3 rings (SSSR count). The van der Waals surface area contributed by atoms with Crippen molar-refractivity contribution in [1.82, 2.24) is 0 Å². The van der Waals surface area contributed by atoms with Crippen LogP contribution in [0, 0.1) is 0 Å². The SMILES string of the molecule is CCc1ccc(C(=O)c2cccc3ccccc23)cc1. The second-order valence-electron chi connectivity index (χ2n) is 4.91. The van der Waals surface area contributed by atoms with Crippen LogP contribution < -0.4 is 0 Å². The first-order valence-electron chi connectivity index (χ1n) is 6.91. The number of rotatable bonds is 3. The van der Waals surface area contributed by atoms with Gasteiger partial charge in [0, 0.05) is 11.1 Å². The Morgan fingerprint density at radius 2 is 1.55 bits per heavy atom. The fraction of sp³-hybridized carbons (Fsp3) is 0.105. The fourth-order valence-corrected chi connectivity index (χ4v) is 2.47. The zero-order chi connectivity index (χ0) is 13.9. The van der Waals surface area contributed by atoms with Gasteiger partial charge in [0.15, 0.2) is 5.78 Å². The monoisotopic (exact) mass is 260 g/mol. The summed E-state index contributed by atoms with van der Waals surface area (Å²) in [4.78, 5) is 12.7. The van der Waals surface area contributed by atoms with Crippen molar-refractivity contribution in [3.05, 3.63) is 83.4 Å². The first-order chi connectivity index (χ1) is 9.79. The van der Waals surface area contributed by atoms with E-state index in [1.807, 2.05) is 66.7 Å². The Bertz CT molecular complexity index is 749. The number of carbonyl (C=O) groups is 1. The molecule has 0 bridgehead atoms. The Hall–Kier alpha value is -2.41. The lowest BCUT2D eigenvalue weighted by molar-refractivity contribution is 0.104. The molecule has 0 aliphatic carbocycles. The number of hydrogen-bond donors (Lipinski definition) is 0. The lowest BCUT2D eigenvalue weighted by Crippen LogP contribution is -2.02. The molecule has 1 heteroatoms. The third-order valence-corrected chi connectivity index (χ3v) is 3.66. The lowest BCUT2D eigenvalue weighted by Gasteiger charge is -2.06. The van der Waals surface area contributed by atoms with Crippen molar-refractivity contribution in [2.75, 3.05) is 0 Å². The fourth-order valence-electron chi connectivity index (χ4n) is 2.47. The van der Waals surface area contributed by atoms with Crippen LogP contribution in [0.3, 0.4) is 0 Å². The van der Waals surface area contributed by atoms with Crippen molar-refractivity contribution in [3.8, 4) is 0 Å². The Morgan fingerprint density at radius 1 is 0.850 bits per heavy atom. The molecule has 0 fully saturated rings. The van der Waals surface area contributed by atoms with Gasteiger partial charge >= 0.3 is 0 Å². The van der Waals surface area contributed by atoms with E-state index in [-0.39, 0.29) is 5.78 Å². The lowest BCUT2D eigenvalue weighted by atomic mass is 9.96. The van der Waals surface area contributed by atoms with Gasteiger partial charge in [-0.25, -0.2) is 0 Å². The standard InChI is InChI=1S/C19H16O/c1-2-14-10-12-16(13-11-14)19(20)18-9-5-7-15-6-3-4-8-17(15)18/h3-13H,2H2,1H3. The largest absolute Gasteiger partial charge is 0.289 e. The number of ketones is 1. The smallest absolute Gasteiger partial charge is 0.193 e. The molecule has 0 spiro atoms. The van der Waals surface area contributed by atoms with Gasteiger partial charge in [0.2, 0.25) is 0 Å². The molecule has 0 heterocycles. The van der Waals surface area contributed by atoms with Crippen LogP contribution in [0.1, 0.15) is 28.4 Å². The summed E-state index contributed by atoms with van der Waals surface area (Å²) in [5.41, 5.74) is 2.77. The quantitative estimate of drug-likeness (QED) is 0.627. The van der Waals surface area contributed by atoms with E-state index in [0.717, 1.165) is 28.3 Å². The molecule has 0 radical (unpaired) electrons. The molecule has 0 aliphatic heterocycles. The predicted octanol–water partition coefficient (Wildman–Crippen LogP) is 4.63. The Balaban J connectivity index is 2.07. The Morgan fingerprint density at radius 3 is 2.30 bits per heavy atom. The van der Waals surface area contributed by atoms with Crippen LogP contribution in [0.25, 0.3) is 10.8 Å². The third-order valence-electron chi connectivity index (χ3n) is 3.66. The topological polar surface area (TPSA) is 17.1 Å². The van der Waals surface area contributed by atoms with Crippen molar-refractivity contribution in [2.24, 2.45) is 0 Å². The highest BCUT2D eigenvalue weighted by Crippen LogP contribution is 2.21. The van der Waals surface area contributed by atoms with E-state index in [4.69, 9.17) is 0 Å². The molecular formula is C19H16O. The van der Waals surface area contributed by atoms with Gasteiger partial charge in [0.25, 0.3) is 0 Å². The number of aryl methyl sites for hydroxylation is 1. The van der Waals surface area contributed by atoms with Gasteiger partial charge in [-0.15, -0.1) is 0 Å². The molecule has 0 aliphatic rings. The molecule has 0 aromatic heterocycles. The minimum Gasteiger partial charge on any atom is -0.289 e. The van der Waals surface area contributed by atoms with Crippen LogP contribution >= 0.6 is 0 Å². The van der Waals surface area contributed by atoms with Gasteiger partial charge in [-0.3, -0.25) is 4.79 Å². The summed E-state index contributed by atoms with van der Waals surface area (Å²) in [6.07, 6.45) is 0.989. The third kappa shape index (κ3) is 2.23.